The SMILES string of the molecule is CCCCC(Cl)C(Cl)=NNc1c(Br)cc(Br)cc1Br. The minimum atomic E-state index is -0.248. The summed E-state index contributed by atoms with van der Waals surface area (Å²) in [5.74, 6) is 0. The molecule has 7 heteroatoms. The smallest absolute Gasteiger partial charge is 0.144 e. The average Bonchev–Trinajstić information content (AvgIpc) is 2.34. The maximum Gasteiger partial charge on any atom is 0.144 e. The molecule has 0 amide bonds. The Balaban J connectivity index is 2.75. The number of benzene rings is 1. The van der Waals surface area contributed by atoms with Gasteiger partial charge in [0.1, 0.15) is 5.17 Å². The van der Waals surface area contributed by atoms with Crippen molar-refractivity contribution in [3.8, 4) is 0 Å². The second-order valence-corrected chi connectivity index (χ2v) is 7.44. The highest BCUT2D eigenvalue weighted by Gasteiger charge is 2.11. The lowest BCUT2D eigenvalue weighted by Gasteiger charge is -2.10. The number of unbranched alkanes of at least 4 members (excludes halogenated alkanes) is 1. The monoisotopic (exact) mass is 492 g/mol. The first-order valence-electron chi connectivity index (χ1n) is 5.73. The fourth-order valence-electron chi connectivity index (χ4n) is 1.33. The molecule has 19 heavy (non-hydrogen) atoms. The Hall–Kier alpha value is 0.710. The highest BCUT2D eigenvalue weighted by Crippen LogP contribution is 2.34. The van der Waals surface area contributed by atoms with Crippen LogP contribution in [0, 0.1) is 0 Å². The van der Waals surface area contributed by atoms with E-state index in [0.717, 1.165) is 38.4 Å². The molecule has 1 atom stereocenters. The van der Waals surface area contributed by atoms with Gasteiger partial charge in [0, 0.05) is 13.4 Å². The fraction of sp³-hybridized carbons (Fsp3) is 0.417. The molecule has 0 radical (unpaired) electrons. The number of rotatable bonds is 6. The number of anilines is 1. The summed E-state index contributed by atoms with van der Waals surface area (Å²) in [5, 5.41) is 4.25. The van der Waals surface area contributed by atoms with Crippen molar-refractivity contribution in [2.45, 2.75) is 31.6 Å². The van der Waals surface area contributed by atoms with E-state index in [9.17, 15) is 0 Å². The lowest BCUT2D eigenvalue weighted by Crippen LogP contribution is -2.10. The van der Waals surface area contributed by atoms with E-state index in [1.807, 2.05) is 12.1 Å². The van der Waals surface area contributed by atoms with Crippen LogP contribution in [0.5, 0.6) is 0 Å². The Labute approximate surface area is 148 Å². The van der Waals surface area contributed by atoms with E-state index in [2.05, 4.69) is 65.2 Å². The molecular formula is C12H13Br3Cl2N2. The molecule has 0 saturated heterocycles. The topological polar surface area (TPSA) is 24.4 Å². The van der Waals surface area contributed by atoms with Crippen LogP contribution in [0.15, 0.2) is 30.7 Å². The fourth-order valence-corrected chi connectivity index (χ4v) is 4.12. The van der Waals surface area contributed by atoms with E-state index in [1.54, 1.807) is 0 Å². The van der Waals surface area contributed by atoms with Crippen LogP contribution in [-0.2, 0) is 0 Å². The summed E-state index contributed by atoms with van der Waals surface area (Å²) in [6.45, 7) is 2.11. The second-order valence-electron chi connectivity index (χ2n) is 3.90. The third kappa shape index (κ3) is 5.92. The number of nitrogens with one attached hydrogen (secondary N) is 1. The Bertz CT molecular complexity index is 443. The van der Waals surface area contributed by atoms with Crippen molar-refractivity contribution < 1.29 is 0 Å². The second kappa shape index (κ2) is 8.88. The van der Waals surface area contributed by atoms with Crippen molar-refractivity contribution in [1.29, 1.82) is 0 Å². The van der Waals surface area contributed by atoms with Gasteiger partial charge in [-0.3, -0.25) is 5.43 Å². The van der Waals surface area contributed by atoms with Crippen LogP contribution in [-0.4, -0.2) is 10.5 Å². The molecule has 1 N–H and O–H groups in total. The van der Waals surface area contributed by atoms with Crippen LogP contribution < -0.4 is 5.43 Å². The number of hydrazone groups is 1. The molecule has 1 aromatic rings. The summed E-state index contributed by atoms with van der Waals surface area (Å²) < 4.78 is 2.72. The van der Waals surface area contributed by atoms with Crippen molar-refractivity contribution in [2.24, 2.45) is 5.10 Å². The third-order valence-corrected chi connectivity index (χ3v) is 4.94. The minimum Gasteiger partial charge on any atom is -0.275 e. The molecule has 106 valence electrons. The van der Waals surface area contributed by atoms with Gasteiger partial charge in [0.05, 0.1) is 11.1 Å². The van der Waals surface area contributed by atoms with Gasteiger partial charge >= 0.3 is 0 Å². The molecule has 0 fully saturated rings. The molecule has 1 aromatic carbocycles. The molecule has 0 spiro atoms. The Kier molecular flexibility index (Phi) is 8.30. The Morgan fingerprint density at radius 3 is 2.42 bits per heavy atom. The zero-order valence-corrected chi connectivity index (χ0v) is 16.5. The van der Waals surface area contributed by atoms with Crippen LogP contribution in [0.25, 0.3) is 0 Å². The van der Waals surface area contributed by atoms with Crippen molar-refractivity contribution >= 4 is 81.8 Å². The van der Waals surface area contributed by atoms with Gasteiger partial charge in [-0.15, -0.1) is 11.6 Å². The molecule has 0 bridgehead atoms. The van der Waals surface area contributed by atoms with E-state index in [1.165, 1.54) is 0 Å². The molecule has 1 unspecified atom stereocenters. The molecular weight excluding hydrogens is 483 g/mol. The Morgan fingerprint density at radius 1 is 1.32 bits per heavy atom. The molecule has 0 aliphatic rings. The van der Waals surface area contributed by atoms with E-state index in [0.29, 0.717) is 5.17 Å². The quantitative estimate of drug-likeness (QED) is 0.264. The summed E-state index contributed by atoms with van der Waals surface area (Å²) in [7, 11) is 0. The molecule has 0 heterocycles. The van der Waals surface area contributed by atoms with E-state index < -0.39 is 0 Å². The van der Waals surface area contributed by atoms with Crippen molar-refractivity contribution in [3.63, 3.8) is 0 Å². The van der Waals surface area contributed by atoms with Crippen LogP contribution in [0.1, 0.15) is 26.2 Å². The zero-order chi connectivity index (χ0) is 14.4. The summed E-state index contributed by atoms with van der Waals surface area (Å²) in [6.07, 6.45) is 2.95. The summed E-state index contributed by atoms with van der Waals surface area (Å²) in [6, 6.07) is 3.84. The van der Waals surface area contributed by atoms with Gasteiger partial charge in [0.15, 0.2) is 0 Å². The maximum absolute atomic E-state index is 6.15. The first-order valence-corrected chi connectivity index (χ1v) is 8.92. The largest absolute Gasteiger partial charge is 0.275 e. The third-order valence-electron chi connectivity index (χ3n) is 2.35. The predicted molar refractivity (Wildman–Crippen MR) is 95.6 cm³/mol. The van der Waals surface area contributed by atoms with Gasteiger partial charge in [-0.1, -0.05) is 47.3 Å². The number of hydrogen-bond donors (Lipinski definition) is 1. The predicted octanol–water partition coefficient (Wildman–Crippen LogP) is 6.74. The summed E-state index contributed by atoms with van der Waals surface area (Å²) in [5.41, 5.74) is 3.73. The summed E-state index contributed by atoms with van der Waals surface area (Å²) >= 11 is 22.5. The highest BCUT2D eigenvalue weighted by molar-refractivity contribution is 9.11. The first kappa shape index (κ1) is 17.8. The molecule has 1 rings (SSSR count). The van der Waals surface area contributed by atoms with Crippen LogP contribution >= 0.6 is 71.0 Å². The van der Waals surface area contributed by atoms with Crippen LogP contribution in [0.3, 0.4) is 0 Å². The van der Waals surface area contributed by atoms with Gasteiger partial charge in [0.25, 0.3) is 0 Å². The summed E-state index contributed by atoms with van der Waals surface area (Å²) in [4.78, 5) is 0. The lowest BCUT2D eigenvalue weighted by molar-refractivity contribution is 0.748. The standard InChI is InChI=1S/C12H13Br3Cl2N2/c1-2-3-4-10(16)12(17)19-18-11-8(14)5-7(13)6-9(11)15/h5-6,10,18H,2-4H2,1H3. The van der Waals surface area contributed by atoms with Gasteiger partial charge in [-0.05, 0) is 50.4 Å². The number of hydrogen-bond acceptors (Lipinski definition) is 2. The normalized spacial score (nSPS) is 13.5. The van der Waals surface area contributed by atoms with Crippen molar-refractivity contribution in [1.82, 2.24) is 0 Å². The number of alkyl halides is 1. The first-order chi connectivity index (χ1) is 8.95. The van der Waals surface area contributed by atoms with Gasteiger partial charge in [0.2, 0.25) is 0 Å². The van der Waals surface area contributed by atoms with E-state index in [4.69, 9.17) is 23.2 Å². The number of halogens is 5. The molecule has 0 aromatic heterocycles. The van der Waals surface area contributed by atoms with Gasteiger partial charge < -0.3 is 0 Å². The Morgan fingerprint density at radius 2 is 1.89 bits per heavy atom. The number of nitrogens with zero attached hydrogens (tertiary/aromatic N) is 1. The van der Waals surface area contributed by atoms with Crippen LogP contribution in [0.2, 0.25) is 0 Å². The van der Waals surface area contributed by atoms with Crippen molar-refractivity contribution in [2.75, 3.05) is 5.43 Å². The molecule has 0 aliphatic carbocycles. The van der Waals surface area contributed by atoms with Crippen LogP contribution in [0.4, 0.5) is 5.69 Å². The van der Waals surface area contributed by atoms with Crippen molar-refractivity contribution in [3.05, 3.63) is 25.6 Å². The molecule has 2 nitrogen and oxygen atoms in total. The average molecular weight is 496 g/mol. The highest BCUT2D eigenvalue weighted by atomic mass is 79.9. The zero-order valence-electron chi connectivity index (χ0n) is 10.2. The molecule has 0 saturated carbocycles. The van der Waals surface area contributed by atoms with Gasteiger partial charge in [-0.2, -0.15) is 5.10 Å². The molecule has 0 aliphatic heterocycles. The maximum atomic E-state index is 6.15. The van der Waals surface area contributed by atoms with E-state index >= 15 is 0 Å². The minimum absolute atomic E-state index is 0.248. The van der Waals surface area contributed by atoms with Gasteiger partial charge in [-0.25, -0.2) is 0 Å². The lowest BCUT2D eigenvalue weighted by atomic mass is 10.2. The van der Waals surface area contributed by atoms with E-state index in [-0.39, 0.29) is 5.38 Å².